The topological polar surface area (TPSA) is 12.0 Å². The van der Waals surface area contributed by atoms with Gasteiger partial charge in [0.25, 0.3) is 0 Å². The number of benzene rings is 1. The molecule has 0 saturated carbocycles. The molecule has 0 atom stereocenters. The average molecular weight is 205 g/mol. The fraction of sp³-hybridized carbons (Fsp3) is 0.571. The zero-order valence-corrected chi connectivity index (χ0v) is 10.1. The number of aryl methyl sites for hydroxylation is 1. The summed E-state index contributed by atoms with van der Waals surface area (Å²) in [7, 11) is 0. The molecule has 0 amide bonds. The monoisotopic (exact) mass is 205 g/mol. The SMILES string of the molecule is CCCCCCNc1ccccc1CC. The lowest BCUT2D eigenvalue weighted by Gasteiger charge is -2.10. The van der Waals surface area contributed by atoms with Gasteiger partial charge in [0.05, 0.1) is 0 Å². The number of hydrogen-bond acceptors (Lipinski definition) is 1. The number of rotatable bonds is 7. The number of hydrogen-bond donors (Lipinski definition) is 1. The lowest BCUT2D eigenvalue weighted by molar-refractivity contribution is 0.685. The number of para-hydroxylation sites is 1. The Kier molecular flexibility index (Phi) is 5.91. The van der Waals surface area contributed by atoms with E-state index in [9.17, 15) is 0 Å². The third kappa shape index (κ3) is 4.37. The molecule has 0 fully saturated rings. The smallest absolute Gasteiger partial charge is 0.0372 e. The first-order chi connectivity index (χ1) is 7.38. The van der Waals surface area contributed by atoms with E-state index in [1.54, 1.807) is 0 Å². The zero-order valence-electron chi connectivity index (χ0n) is 10.1. The van der Waals surface area contributed by atoms with Crippen molar-refractivity contribution >= 4 is 5.69 Å². The van der Waals surface area contributed by atoms with Crippen molar-refractivity contribution in [2.45, 2.75) is 46.0 Å². The Morgan fingerprint density at radius 1 is 1.00 bits per heavy atom. The molecule has 0 spiro atoms. The van der Waals surface area contributed by atoms with Gasteiger partial charge in [-0.3, -0.25) is 0 Å². The molecule has 0 heterocycles. The summed E-state index contributed by atoms with van der Waals surface area (Å²) in [4.78, 5) is 0. The van der Waals surface area contributed by atoms with E-state index in [1.807, 2.05) is 0 Å². The van der Waals surface area contributed by atoms with Crippen LogP contribution >= 0.6 is 0 Å². The normalized spacial score (nSPS) is 10.3. The van der Waals surface area contributed by atoms with Crippen molar-refractivity contribution < 1.29 is 0 Å². The van der Waals surface area contributed by atoms with Crippen LogP contribution in [0.25, 0.3) is 0 Å². The third-order valence-corrected chi connectivity index (χ3v) is 2.74. The Hall–Kier alpha value is -0.980. The van der Waals surface area contributed by atoms with Crippen molar-refractivity contribution in [1.82, 2.24) is 0 Å². The second kappa shape index (κ2) is 7.33. The van der Waals surface area contributed by atoms with Crippen molar-refractivity contribution in [2.75, 3.05) is 11.9 Å². The van der Waals surface area contributed by atoms with E-state index in [2.05, 4.69) is 43.4 Å². The number of anilines is 1. The molecule has 1 N–H and O–H groups in total. The summed E-state index contributed by atoms with van der Waals surface area (Å²) in [5, 5.41) is 3.52. The van der Waals surface area contributed by atoms with Crippen LogP contribution in [0.15, 0.2) is 24.3 Å². The van der Waals surface area contributed by atoms with Crippen LogP contribution < -0.4 is 5.32 Å². The van der Waals surface area contributed by atoms with Crippen LogP contribution in [0.3, 0.4) is 0 Å². The fourth-order valence-electron chi connectivity index (χ4n) is 1.78. The minimum Gasteiger partial charge on any atom is -0.385 e. The van der Waals surface area contributed by atoms with E-state index >= 15 is 0 Å². The van der Waals surface area contributed by atoms with Gasteiger partial charge in [0.1, 0.15) is 0 Å². The van der Waals surface area contributed by atoms with Crippen molar-refractivity contribution in [1.29, 1.82) is 0 Å². The summed E-state index contributed by atoms with van der Waals surface area (Å²) in [6, 6.07) is 8.60. The van der Waals surface area contributed by atoms with Crippen LogP contribution in [-0.4, -0.2) is 6.54 Å². The molecule has 0 saturated heterocycles. The molecule has 0 radical (unpaired) electrons. The highest BCUT2D eigenvalue weighted by Gasteiger charge is 1.97. The summed E-state index contributed by atoms with van der Waals surface area (Å²) in [6.07, 6.45) is 6.41. The minimum atomic E-state index is 1.11. The molecule has 0 bridgehead atoms. The molecule has 0 aliphatic carbocycles. The maximum atomic E-state index is 3.52. The number of unbranched alkanes of at least 4 members (excludes halogenated alkanes) is 3. The molecule has 0 aliphatic rings. The van der Waals surface area contributed by atoms with Crippen molar-refractivity contribution in [3.8, 4) is 0 Å². The van der Waals surface area contributed by atoms with E-state index < -0.39 is 0 Å². The lowest BCUT2D eigenvalue weighted by atomic mass is 10.1. The van der Waals surface area contributed by atoms with Gasteiger partial charge in [-0.05, 0) is 24.5 Å². The first kappa shape index (κ1) is 12.1. The zero-order chi connectivity index (χ0) is 10.9. The first-order valence-corrected chi connectivity index (χ1v) is 6.20. The summed E-state index contributed by atoms with van der Waals surface area (Å²) in [5.41, 5.74) is 2.74. The van der Waals surface area contributed by atoms with Gasteiger partial charge in [0, 0.05) is 12.2 Å². The van der Waals surface area contributed by atoms with Gasteiger partial charge in [-0.1, -0.05) is 51.3 Å². The van der Waals surface area contributed by atoms with E-state index in [-0.39, 0.29) is 0 Å². The highest BCUT2D eigenvalue weighted by atomic mass is 14.9. The van der Waals surface area contributed by atoms with Gasteiger partial charge in [-0.2, -0.15) is 0 Å². The molecule has 84 valence electrons. The molecule has 0 aliphatic heterocycles. The summed E-state index contributed by atoms with van der Waals surface area (Å²) in [6.45, 7) is 5.56. The van der Waals surface area contributed by atoms with Gasteiger partial charge in [0.15, 0.2) is 0 Å². The molecule has 1 aromatic rings. The average Bonchev–Trinajstić information content (AvgIpc) is 2.29. The Morgan fingerprint density at radius 2 is 1.80 bits per heavy atom. The van der Waals surface area contributed by atoms with Gasteiger partial charge >= 0.3 is 0 Å². The second-order valence-corrected chi connectivity index (χ2v) is 4.00. The van der Waals surface area contributed by atoms with Crippen molar-refractivity contribution in [3.05, 3.63) is 29.8 Å². The van der Waals surface area contributed by atoms with E-state index in [0.29, 0.717) is 0 Å². The highest BCUT2D eigenvalue weighted by molar-refractivity contribution is 5.50. The molecular weight excluding hydrogens is 182 g/mol. The van der Waals surface area contributed by atoms with Gasteiger partial charge in [-0.25, -0.2) is 0 Å². The van der Waals surface area contributed by atoms with Gasteiger partial charge in [-0.15, -0.1) is 0 Å². The molecule has 15 heavy (non-hydrogen) atoms. The van der Waals surface area contributed by atoms with Crippen LogP contribution in [0.5, 0.6) is 0 Å². The van der Waals surface area contributed by atoms with E-state index in [4.69, 9.17) is 0 Å². The molecule has 1 nitrogen and oxygen atoms in total. The van der Waals surface area contributed by atoms with Crippen LogP contribution in [0.4, 0.5) is 5.69 Å². The predicted molar refractivity (Wildman–Crippen MR) is 68.5 cm³/mol. The molecule has 1 aromatic carbocycles. The van der Waals surface area contributed by atoms with Crippen molar-refractivity contribution in [3.63, 3.8) is 0 Å². The van der Waals surface area contributed by atoms with Crippen LogP contribution in [0.2, 0.25) is 0 Å². The second-order valence-electron chi connectivity index (χ2n) is 4.00. The largest absolute Gasteiger partial charge is 0.385 e. The lowest BCUT2D eigenvalue weighted by Crippen LogP contribution is -2.03. The Labute approximate surface area is 93.9 Å². The maximum Gasteiger partial charge on any atom is 0.0372 e. The fourth-order valence-corrected chi connectivity index (χ4v) is 1.78. The van der Waals surface area contributed by atoms with Gasteiger partial charge < -0.3 is 5.32 Å². The van der Waals surface area contributed by atoms with Crippen LogP contribution in [-0.2, 0) is 6.42 Å². The molecule has 1 rings (SSSR count). The molecule has 0 unspecified atom stereocenters. The maximum absolute atomic E-state index is 3.52. The summed E-state index contributed by atoms with van der Waals surface area (Å²) in [5.74, 6) is 0. The van der Waals surface area contributed by atoms with E-state index in [0.717, 1.165) is 13.0 Å². The Bertz CT molecular complexity index is 268. The molecule has 0 aromatic heterocycles. The van der Waals surface area contributed by atoms with Crippen LogP contribution in [0.1, 0.15) is 45.1 Å². The quantitative estimate of drug-likeness (QED) is 0.656. The third-order valence-electron chi connectivity index (χ3n) is 2.74. The predicted octanol–water partition coefficient (Wildman–Crippen LogP) is 4.24. The van der Waals surface area contributed by atoms with E-state index in [1.165, 1.54) is 36.9 Å². The summed E-state index contributed by atoms with van der Waals surface area (Å²) >= 11 is 0. The Balaban J connectivity index is 2.30. The van der Waals surface area contributed by atoms with Gasteiger partial charge in [0.2, 0.25) is 0 Å². The first-order valence-electron chi connectivity index (χ1n) is 6.20. The standard InChI is InChI=1S/C14H23N/c1-3-5-6-9-12-15-14-11-8-7-10-13(14)4-2/h7-8,10-11,15H,3-6,9,12H2,1-2H3. The van der Waals surface area contributed by atoms with Crippen molar-refractivity contribution in [2.24, 2.45) is 0 Å². The number of nitrogens with one attached hydrogen (secondary N) is 1. The minimum absolute atomic E-state index is 1.11. The molecular formula is C14H23N. The Morgan fingerprint density at radius 3 is 2.53 bits per heavy atom. The summed E-state index contributed by atoms with van der Waals surface area (Å²) < 4.78 is 0. The van der Waals surface area contributed by atoms with Crippen LogP contribution in [0, 0.1) is 0 Å². The molecule has 1 heteroatoms. The highest BCUT2D eigenvalue weighted by Crippen LogP contribution is 2.15.